The van der Waals surface area contributed by atoms with Crippen molar-refractivity contribution >= 4 is 11.5 Å². The molecule has 0 saturated heterocycles. The molecule has 2 aromatic rings. The van der Waals surface area contributed by atoms with Crippen LogP contribution >= 0.6 is 0 Å². The highest BCUT2D eigenvalue weighted by Gasteiger charge is 2.16. The summed E-state index contributed by atoms with van der Waals surface area (Å²) in [4.78, 5) is 0. The first kappa shape index (κ1) is 9.57. The zero-order valence-electron chi connectivity index (χ0n) is 9.35. The number of anilines is 1. The molecule has 1 aliphatic rings. The van der Waals surface area contributed by atoms with Gasteiger partial charge in [-0.05, 0) is 37.8 Å². The maximum Gasteiger partial charge on any atom is 0.178 e. The second-order valence-electron chi connectivity index (χ2n) is 4.41. The van der Waals surface area contributed by atoms with Crippen molar-refractivity contribution in [3.05, 3.63) is 18.0 Å². The van der Waals surface area contributed by atoms with E-state index in [-0.39, 0.29) is 0 Å². The van der Waals surface area contributed by atoms with Crippen molar-refractivity contribution in [2.75, 3.05) is 11.9 Å². The second-order valence-corrected chi connectivity index (χ2v) is 4.41. The zero-order chi connectivity index (χ0) is 11.0. The van der Waals surface area contributed by atoms with Crippen LogP contribution in [0, 0.1) is 12.8 Å². The average molecular weight is 217 g/mol. The van der Waals surface area contributed by atoms with Crippen LogP contribution in [0.5, 0.6) is 0 Å². The smallest absolute Gasteiger partial charge is 0.178 e. The van der Waals surface area contributed by atoms with Crippen molar-refractivity contribution in [1.29, 1.82) is 0 Å². The van der Waals surface area contributed by atoms with Crippen LogP contribution in [-0.4, -0.2) is 26.4 Å². The fraction of sp³-hybridized carbons (Fsp3) is 0.545. The van der Waals surface area contributed by atoms with Crippen LogP contribution in [0.4, 0.5) is 5.82 Å². The molecular weight excluding hydrogens is 202 g/mol. The topological polar surface area (TPSA) is 55.1 Å². The Morgan fingerprint density at radius 3 is 3.00 bits per heavy atom. The summed E-state index contributed by atoms with van der Waals surface area (Å²) in [5.41, 5.74) is 0.798. The molecule has 0 atom stereocenters. The van der Waals surface area contributed by atoms with Gasteiger partial charge in [-0.2, -0.15) is 4.52 Å². The summed E-state index contributed by atoms with van der Waals surface area (Å²) in [5.74, 6) is 2.56. The lowest BCUT2D eigenvalue weighted by Crippen LogP contribution is -2.21. The molecule has 2 heterocycles. The van der Waals surface area contributed by atoms with Crippen LogP contribution < -0.4 is 5.32 Å². The third-order valence-corrected chi connectivity index (χ3v) is 3.22. The van der Waals surface area contributed by atoms with Crippen LogP contribution in [-0.2, 0) is 0 Å². The van der Waals surface area contributed by atoms with Crippen molar-refractivity contribution < 1.29 is 0 Å². The minimum atomic E-state index is 0.798. The number of hydrogen-bond donors (Lipinski definition) is 1. The molecule has 1 saturated carbocycles. The van der Waals surface area contributed by atoms with Gasteiger partial charge in [0.2, 0.25) is 0 Å². The van der Waals surface area contributed by atoms with E-state index in [1.165, 1.54) is 19.3 Å². The molecule has 0 aliphatic heterocycles. The van der Waals surface area contributed by atoms with Gasteiger partial charge in [0.25, 0.3) is 0 Å². The molecule has 0 amide bonds. The van der Waals surface area contributed by atoms with E-state index in [0.29, 0.717) is 0 Å². The molecule has 16 heavy (non-hydrogen) atoms. The van der Waals surface area contributed by atoms with Gasteiger partial charge in [0.15, 0.2) is 11.5 Å². The van der Waals surface area contributed by atoms with Gasteiger partial charge >= 0.3 is 0 Å². The Bertz CT molecular complexity index is 500. The Kier molecular flexibility index (Phi) is 2.23. The van der Waals surface area contributed by atoms with Crippen LogP contribution in [0.1, 0.15) is 25.1 Å². The standard InChI is InChI=1S/C11H15N5/c1-8-13-14-11-6-5-10(15-16(8)11)12-7-9-3-2-4-9/h5-6,9H,2-4,7H2,1H3,(H,12,15). The van der Waals surface area contributed by atoms with Crippen molar-refractivity contribution in [3.8, 4) is 0 Å². The van der Waals surface area contributed by atoms with E-state index >= 15 is 0 Å². The summed E-state index contributed by atoms with van der Waals surface area (Å²) < 4.78 is 1.77. The van der Waals surface area contributed by atoms with Gasteiger partial charge in [0, 0.05) is 6.54 Å². The predicted molar refractivity (Wildman–Crippen MR) is 61.3 cm³/mol. The molecule has 2 aromatic heterocycles. The van der Waals surface area contributed by atoms with Crippen molar-refractivity contribution in [2.24, 2.45) is 5.92 Å². The Hall–Kier alpha value is -1.65. The molecule has 0 radical (unpaired) electrons. The van der Waals surface area contributed by atoms with Gasteiger partial charge < -0.3 is 5.32 Å². The largest absolute Gasteiger partial charge is 0.368 e. The van der Waals surface area contributed by atoms with Gasteiger partial charge in [0.1, 0.15) is 5.82 Å². The van der Waals surface area contributed by atoms with Gasteiger partial charge in [0.05, 0.1) is 0 Å². The molecule has 1 aliphatic carbocycles. The molecule has 3 rings (SSSR count). The fourth-order valence-electron chi connectivity index (χ4n) is 1.94. The summed E-state index contributed by atoms with van der Waals surface area (Å²) in [6.45, 7) is 2.93. The van der Waals surface area contributed by atoms with Crippen LogP contribution in [0.25, 0.3) is 5.65 Å². The number of nitrogens with one attached hydrogen (secondary N) is 1. The zero-order valence-corrected chi connectivity index (χ0v) is 9.35. The quantitative estimate of drug-likeness (QED) is 0.849. The molecule has 84 valence electrons. The number of aryl methyl sites for hydroxylation is 1. The van der Waals surface area contributed by atoms with Crippen molar-refractivity contribution in [3.63, 3.8) is 0 Å². The van der Waals surface area contributed by atoms with E-state index in [1.54, 1.807) is 4.52 Å². The Morgan fingerprint density at radius 2 is 2.25 bits per heavy atom. The Morgan fingerprint density at radius 1 is 1.38 bits per heavy atom. The monoisotopic (exact) mass is 217 g/mol. The Balaban J connectivity index is 1.78. The molecule has 0 aromatic carbocycles. The molecule has 1 fully saturated rings. The molecule has 1 N–H and O–H groups in total. The normalized spacial score (nSPS) is 16.3. The highest BCUT2D eigenvalue weighted by molar-refractivity contribution is 5.43. The SMILES string of the molecule is Cc1nnc2ccc(NCC3CCC3)nn12. The predicted octanol–water partition coefficient (Wildman–Crippen LogP) is 1.64. The second kappa shape index (κ2) is 3.73. The lowest BCUT2D eigenvalue weighted by Gasteiger charge is -2.25. The number of hydrogen-bond acceptors (Lipinski definition) is 4. The number of rotatable bonds is 3. The number of nitrogens with zero attached hydrogens (tertiary/aromatic N) is 4. The first-order chi connectivity index (χ1) is 7.83. The third kappa shape index (κ3) is 1.62. The molecule has 0 unspecified atom stereocenters. The summed E-state index contributed by atoms with van der Waals surface area (Å²) in [6, 6.07) is 3.90. The average Bonchev–Trinajstić information content (AvgIpc) is 2.58. The molecule has 5 heteroatoms. The maximum atomic E-state index is 4.45. The first-order valence-electron chi connectivity index (χ1n) is 5.76. The van der Waals surface area contributed by atoms with E-state index in [4.69, 9.17) is 0 Å². The molecule has 0 spiro atoms. The van der Waals surface area contributed by atoms with E-state index in [2.05, 4.69) is 20.6 Å². The Labute approximate surface area is 93.9 Å². The minimum absolute atomic E-state index is 0.798. The highest BCUT2D eigenvalue weighted by Crippen LogP contribution is 2.26. The fourth-order valence-corrected chi connectivity index (χ4v) is 1.94. The van der Waals surface area contributed by atoms with E-state index in [0.717, 1.165) is 29.8 Å². The van der Waals surface area contributed by atoms with Gasteiger partial charge in [-0.1, -0.05) is 6.42 Å². The van der Waals surface area contributed by atoms with Crippen LogP contribution in [0.15, 0.2) is 12.1 Å². The van der Waals surface area contributed by atoms with E-state index in [1.807, 2.05) is 19.1 Å². The lowest BCUT2D eigenvalue weighted by molar-refractivity contribution is 0.333. The van der Waals surface area contributed by atoms with Crippen LogP contribution in [0.2, 0.25) is 0 Å². The first-order valence-corrected chi connectivity index (χ1v) is 5.76. The van der Waals surface area contributed by atoms with E-state index < -0.39 is 0 Å². The molecular formula is C11H15N5. The third-order valence-electron chi connectivity index (χ3n) is 3.22. The lowest BCUT2D eigenvalue weighted by atomic mass is 9.85. The van der Waals surface area contributed by atoms with Crippen LogP contribution in [0.3, 0.4) is 0 Å². The van der Waals surface area contributed by atoms with Gasteiger partial charge in [-0.25, -0.2) is 0 Å². The maximum absolute atomic E-state index is 4.45. The molecule has 0 bridgehead atoms. The summed E-state index contributed by atoms with van der Waals surface area (Å²) in [5, 5.41) is 15.8. The highest BCUT2D eigenvalue weighted by atomic mass is 15.4. The number of fused-ring (bicyclic) bond motifs is 1. The summed E-state index contributed by atoms with van der Waals surface area (Å²) >= 11 is 0. The van der Waals surface area contributed by atoms with Crippen molar-refractivity contribution in [1.82, 2.24) is 19.8 Å². The molecule has 5 nitrogen and oxygen atoms in total. The number of aromatic nitrogens is 4. The van der Waals surface area contributed by atoms with Gasteiger partial charge in [-0.3, -0.25) is 0 Å². The summed E-state index contributed by atoms with van der Waals surface area (Å²) in [6.07, 6.45) is 4.07. The van der Waals surface area contributed by atoms with Crippen molar-refractivity contribution in [2.45, 2.75) is 26.2 Å². The van der Waals surface area contributed by atoms with Gasteiger partial charge in [-0.15, -0.1) is 15.3 Å². The minimum Gasteiger partial charge on any atom is -0.368 e. The summed E-state index contributed by atoms with van der Waals surface area (Å²) in [7, 11) is 0. The van der Waals surface area contributed by atoms with E-state index in [9.17, 15) is 0 Å².